The van der Waals surface area contributed by atoms with Crippen LogP contribution < -0.4 is 0 Å². The predicted molar refractivity (Wildman–Crippen MR) is 91.4 cm³/mol. The van der Waals surface area contributed by atoms with E-state index in [2.05, 4.69) is 0 Å². The van der Waals surface area contributed by atoms with Crippen molar-refractivity contribution in [1.29, 1.82) is 0 Å². The SMILES string of the molecule is O=S(=O)(c1ccc(F)c(F)c1)N1CCSC(c2ccccc2)CC1. The van der Waals surface area contributed by atoms with Crippen molar-refractivity contribution in [1.82, 2.24) is 4.31 Å². The molecule has 3 nitrogen and oxygen atoms in total. The summed E-state index contributed by atoms with van der Waals surface area (Å²) in [5, 5.41) is 0.233. The summed E-state index contributed by atoms with van der Waals surface area (Å²) in [4.78, 5) is -0.204. The zero-order valence-corrected chi connectivity index (χ0v) is 14.5. The summed E-state index contributed by atoms with van der Waals surface area (Å²) in [6.07, 6.45) is 0.678. The molecule has 0 amide bonds. The second-order valence-corrected chi connectivity index (χ2v) is 8.79. The summed E-state index contributed by atoms with van der Waals surface area (Å²) in [6.45, 7) is 0.712. The van der Waals surface area contributed by atoms with Crippen molar-refractivity contribution in [3.8, 4) is 0 Å². The largest absolute Gasteiger partial charge is 0.243 e. The second kappa shape index (κ2) is 7.21. The van der Waals surface area contributed by atoms with Crippen molar-refractivity contribution >= 4 is 21.8 Å². The molecule has 0 bridgehead atoms. The van der Waals surface area contributed by atoms with E-state index in [0.29, 0.717) is 25.3 Å². The van der Waals surface area contributed by atoms with Crippen LogP contribution in [0.5, 0.6) is 0 Å². The van der Waals surface area contributed by atoms with Gasteiger partial charge in [-0.2, -0.15) is 16.1 Å². The van der Waals surface area contributed by atoms with Crippen LogP contribution in [0.1, 0.15) is 17.2 Å². The van der Waals surface area contributed by atoms with Gasteiger partial charge in [0, 0.05) is 24.1 Å². The number of hydrogen-bond donors (Lipinski definition) is 0. The zero-order valence-electron chi connectivity index (χ0n) is 12.9. The third-order valence-electron chi connectivity index (χ3n) is 4.00. The Kier molecular flexibility index (Phi) is 5.22. The lowest BCUT2D eigenvalue weighted by Crippen LogP contribution is -2.33. The molecule has 0 radical (unpaired) electrons. The van der Waals surface area contributed by atoms with E-state index in [1.165, 1.54) is 9.87 Å². The molecule has 2 aromatic rings. The van der Waals surface area contributed by atoms with Crippen LogP contribution in [0.15, 0.2) is 53.4 Å². The first-order valence-electron chi connectivity index (χ1n) is 7.60. The molecule has 1 fully saturated rings. The highest BCUT2D eigenvalue weighted by molar-refractivity contribution is 7.99. The van der Waals surface area contributed by atoms with Gasteiger partial charge in [-0.3, -0.25) is 0 Å². The van der Waals surface area contributed by atoms with Crippen LogP contribution in [0, 0.1) is 11.6 Å². The minimum atomic E-state index is -3.82. The standard InChI is InChI=1S/C17H17F2NO2S2/c18-15-7-6-14(12-16(15)19)24(21,22)20-9-8-17(23-11-10-20)13-4-2-1-3-5-13/h1-7,12,17H,8-11H2. The lowest BCUT2D eigenvalue weighted by Gasteiger charge is -2.20. The molecule has 0 saturated carbocycles. The Labute approximate surface area is 144 Å². The molecule has 0 spiro atoms. The average Bonchev–Trinajstić information content (AvgIpc) is 2.84. The molecule has 1 saturated heterocycles. The van der Waals surface area contributed by atoms with Gasteiger partial charge in [-0.1, -0.05) is 30.3 Å². The summed E-state index contributed by atoms with van der Waals surface area (Å²) in [5.74, 6) is -1.55. The van der Waals surface area contributed by atoms with Crippen molar-refractivity contribution in [2.75, 3.05) is 18.8 Å². The lowest BCUT2D eigenvalue weighted by atomic mass is 10.1. The lowest BCUT2D eigenvalue weighted by molar-refractivity contribution is 0.427. The molecule has 0 N–H and O–H groups in total. The molecule has 1 aliphatic rings. The minimum absolute atomic E-state index is 0.204. The first kappa shape index (κ1) is 17.4. The number of hydrogen-bond acceptors (Lipinski definition) is 3. The van der Waals surface area contributed by atoms with Crippen molar-refractivity contribution in [3.63, 3.8) is 0 Å². The van der Waals surface area contributed by atoms with Gasteiger partial charge >= 0.3 is 0 Å². The van der Waals surface area contributed by atoms with Gasteiger partial charge in [-0.05, 0) is 30.2 Å². The van der Waals surface area contributed by atoms with Gasteiger partial charge in [-0.25, -0.2) is 17.2 Å². The Morgan fingerprint density at radius 2 is 1.75 bits per heavy atom. The fraction of sp³-hybridized carbons (Fsp3) is 0.294. The van der Waals surface area contributed by atoms with Crippen LogP contribution in [-0.2, 0) is 10.0 Å². The molecule has 1 unspecified atom stereocenters. The maximum atomic E-state index is 13.4. The van der Waals surface area contributed by atoms with Crippen LogP contribution >= 0.6 is 11.8 Å². The molecule has 1 aliphatic heterocycles. The number of halogens is 2. The van der Waals surface area contributed by atoms with Gasteiger partial charge < -0.3 is 0 Å². The summed E-state index contributed by atoms with van der Waals surface area (Å²) in [5.41, 5.74) is 1.18. The van der Waals surface area contributed by atoms with Gasteiger partial charge in [0.2, 0.25) is 10.0 Å². The Balaban J connectivity index is 1.79. The van der Waals surface area contributed by atoms with E-state index in [1.807, 2.05) is 30.3 Å². The normalized spacial score (nSPS) is 19.8. The molecule has 7 heteroatoms. The van der Waals surface area contributed by atoms with Crippen LogP contribution in [0.3, 0.4) is 0 Å². The molecular weight excluding hydrogens is 352 g/mol. The Bertz CT molecular complexity index is 813. The molecule has 1 atom stereocenters. The topological polar surface area (TPSA) is 37.4 Å². The quantitative estimate of drug-likeness (QED) is 0.825. The van der Waals surface area contributed by atoms with Gasteiger partial charge in [0.1, 0.15) is 0 Å². The third kappa shape index (κ3) is 3.63. The number of benzene rings is 2. The highest BCUT2D eigenvalue weighted by atomic mass is 32.2. The molecule has 0 aromatic heterocycles. The first-order valence-corrected chi connectivity index (χ1v) is 10.1. The first-order chi connectivity index (χ1) is 11.5. The van der Waals surface area contributed by atoms with Crippen molar-refractivity contribution in [2.24, 2.45) is 0 Å². The maximum absolute atomic E-state index is 13.4. The molecule has 3 rings (SSSR count). The fourth-order valence-electron chi connectivity index (χ4n) is 2.71. The van der Waals surface area contributed by atoms with Crippen molar-refractivity contribution in [3.05, 3.63) is 65.7 Å². The summed E-state index contributed by atoms with van der Waals surface area (Å²) >= 11 is 1.72. The summed E-state index contributed by atoms with van der Waals surface area (Å²) < 4.78 is 53.1. The van der Waals surface area contributed by atoms with E-state index in [-0.39, 0.29) is 10.1 Å². The highest BCUT2D eigenvalue weighted by Gasteiger charge is 2.29. The molecule has 0 aliphatic carbocycles. The molecule has 2 aromatic carbocycles. The van der Waals surface area contributed by atoms with Crippen LogP contribution in [-0.4, -0.2) is 31.6 Å². The molecular formula is C17H17F2NO2S2. The monoisotopic (exact) mass is 369 g/mol. The number of rotatable bonds is 3. The van der Waals surface area contributed by atoms with E-state index < -0.39 is 21.7 Å². The van der Waals surface area contributed by atoms with E-state index in [1.54, 1.807) is 11.8 Å². The van der Waals surface area contributed by atoms with E-state index in [0.717, 1.165) is 18.2 Å². The smallest absolute Gasteiger partial charge is 0.207 e. The number of thioether (sulfide) groups is 1. The molecule has 128 valence electrons. The average molecular weight is 369 g/mol. The molecule has 1 heterocycles. The molecule has 24 heavy (non-hydrogen) atoms. The van der Waals surface area contributed by atoms with Crippen LogP contribution in [0.2, 0.25) is 0 Å². The minimum Gasteiger partial charge on any atom is -0.207 e. The van der Waals surface area contributed by atoms with Crippen molar-refractivity contribution < 1.29 is 17.2 Å². The number of nitrogens with zero attached hydrogens (tertiary/aromatic N) is 1. The Morgan fingerprint density at radius 1 is 1.00 bits per heavy atom. The fourth-order valence-corrected chi connectivity index (χ4v) is 5.53. The van der Waals surface area contributed by atoms with Gasteiger partial charge in [0.25, 0.3) is 0 Å². The van der Waals surface area contributed by atoms with Crippen LogP contribution in [0.4, 0.5) is 8.78 Å². The van der Waals surface area contributed by atoms with E-state index in [4.69, 9.17) is 0 Å². The Hall–Kier alpha value is -1.44. The Morgan fingerprint density at radius 3 is 2.46 bits per heavy atom. The zero-order chi connectivity index (χ0) is 17.2. The van der Waals surface area contributed by atoms with Crippen LogP contribution in [0.25, 0.3) is 0 Å². The van der Waals surface area contributed by atoms with Crippen molar-refractivity contribution in [2.45, 2.75) is 16.6 Å². The number of sulfonamides is 1. The third-order valence-corrected chi connectivity index (χ3v) is 7.22. The summed E-state index contributed by atoms with van der Waals surface area (Å²) in [7, 11) is -3.82. The second-order valence-electron chi connectivity index (χ2n) is 5.54. The van der Waals surface area contributed by atoms with E-state index >= 15 is 0 Å². The predicted octanol–water partition coefficient (Wildman–Crippen LogP) is 3.83. The maximum Gasteiger partial charge on any atom is 0.243 e. The van der Waals surface area contributed by atoms with Gasteiger partial charge in [0.05, 0.1) is 4.90 Å². The van der Waals surface area contributed by atoms with E-state index in [9.17, 15) is 17.2 Å². The highest BCUT2D eigenvalue weighted by Crippen LogP contribution is 2.35. The van der Waals surface area contributed by atoms with Gasteiger partial charge in [-0.15, -0.1) is 0 Å². The summed E-state index contributed by atoms with van der Waals surface area (Å²) in [6, 6.07) is 12.7. The van der Waals surface area contributed by atoms with Gasteiger partial charge in [0.15, 0.2) is 11.6 Å².